The van der Waals surface area contributed by atoms with E-state index in [9.17, 15) is 4.79 Å². The SMILES string of the molecule is O=C(Nc1nc2ccccc2[nH]1)c1ccc2nc(-c3ccc4ccccc4c3)[nH]c2c1. The molecule has 2 aromatic heterocycles. The van der Waals surface area contributed by atoms with E-state index in [-0.39, 0.29) is 5.91 Å². The first-order valence-corrected chi connectivity index (χ1v) is 9.98. The quantitative estimate of drug-likeness (QED) is 0.364. The number of imidazole rings is 2. The van der Waals surface area contributed by atoms with Gasteiger partial charge in [-0.05, 0) is 47.2 Å². The van der Waals surface area contributed by atoms with Gasteiger partial charge in [-0.15, -0.1) is 0 Å². The van der Waals surface area contributed by atoms with E-state index in [1.807, 2.05) is 48.5 Å². The number of carbonyl (C=O) groups is 1. The highest BCUT2D eigenvalue weighted by atomic mass is 16.1. The minimum Gasteiger partial charge on any atom is -0.338 e. The summed E-state index contributed by atoms with van der Waals surface area (Å²) in [5, 5.41) is 5.18. The fraction of sp³-hybridized carbons (Fsp3) is 0. The van der Waals surface area contributed by atoms with Gasteiger partial charge in [-0.1, -0.05) is 48.5 Å². The van der Waals surface area contributed by atoms with E-state index < -0.39 is 0 Å². The van der Waals surface area contributed by atoms with Crippen LogP contribution in [0.2, 0.25) is 0 Å². The van der Waals surface area contributed by atoms with Crippen molar-refractivity contribution >= 4 is 44.7 Å². The lowest BCUT2D eigenvalue weighted by molar-refractivity contribution is 0.102. The number of para-hydroxylation sites is 2. The lowest BCUT2D eigenvalue weighted by Gasteiger charge is -2.01. The number of aromatic amines is 2. The van der Waals surface area contributed by atoms with Crippen molar-refractivity contribution < 1.29 is 4.79 Å². The highest BCUT2D eigenvalue weighted by Crippen LogP contribution is 2.25. The van der Waals surface area contributed by atoms with Crippen LogP contribution in [0.1, 0.15) is 10.4 Å². The van der Waals surface area contributed by atoms with E-state index in [1.54, 1.807) is 6.07 Å². The number of hydrogen-bond acceptors (Lipinski definition) is 3. The molecule has 0 aliphatic rings. The third kappa shape index (κ3) is 3.11. The van der Waals surface area contributed by atoms with Gasteiger partial charge in [0.1, 0.15) is 5.82 Å². The second kappa shape index (κ2) is 6.81. The van der Waals surface area contributed by atoms with Gasteiger partial charge in [-0.3, -0.25) is 10.1 Å². The van der Waals surface area contributed by atoms with Crippen LogP contribution in [0, 0.1) is 0 Å². The van der Waals surface area contributed by atoms with Crippen LogP contribution in [-0.4, -0.2) is 25.8 Å². The number of carbonyl (C=O) groups excluding carboxylic acids is 1. The smallest absolute Gasteiger partial charge is 0.258 e. The molecule has 0 aliphatic heterocycles. The average molecular weight is 403 g/mol. The molecule has 0 fully saturated rings. The zero-order valence-corrected chi connectivity index (χ0v) is 16.4. The van der Waals surface area contributed by atoms with Gasteiger partial charge < -0.3 is 9.97 Å². The monoisotopic (exact) mass is 403 g/mol. The standard InChI is InChI=1S/C25H17N5O/c31-24(30-25-28-19-7-3-4-8-20(19)29-25)18-11-12-21-22(14-18)27-23(26-21)17-10-9-15-5-1-2-6-16(15)13-17/h1-14H,(H,26,27)(H2,28,29,30,31). The fourth-order valence-corrected chi connectivity index (χ4v) is 3.82. The van der Waals surface area contributed by atoms with Crippen molar-refractivity contribution in [3.63, 3.8) is 0 Å². The van der Waals surface area contributed by atoms with Crippen LogP contribution in [0.5, 0.6) is 0 Å². The third-order valence-corrected chi connectivity index (χ3v) is 5.39. The maximum Gasteiger partial charge on any atom is 0.258 e. The Labute approximate surface area is 177 Å². The summed E-state index contributed by atoms with van der Waals surface area (Å²) in [5.74, 6) is 0.964. The van der Waals surface area contributed by atoms with Crippen LogP contribution in [0.4, 0.5) is 5.95 Å². The number of aromatic nitrogens is 4. The van der Waals surface area contributed by atoms with Crippen LogP contribution in [-0.2, 0) is 0 Å². The van der Waals surface area contributed by atoms with Crippen molar-refractivity contribution in [1.29, 1.82) is 0 Å². The first-order valence-electron chi connectivity index (χ1n) is 9.98. The predicted molar refractivity (Wildman–Crippen MR) is 123 cm³/mol. The molecule has 0 saturated carbocycles. The summed E-state index contributed by atoms with van der Waals surface area (Å²) >= 11 is 0. The molecule has 0 radical (unpaired) electrons. The Morgan fingerprint density at radius 1 is 0.710 bits per heavy atom. The number of nitrogens with one attached hydrogen (secondary N) is 3. The molecule has 4 aromatic carbocycles. The Balaban J connectivity index is 1.31. The van der Waals surface area contributed by atoms with E-state index in [1.165, 1.54) is 5.39 Å². The summed E-state index contributed by atoms with van der Waals surface area (Å²) in [6, 6.07) is 27.6. The normalized spacial score (nSPS) is 11.4. The molecule has 2 heterocycles. The predicted octanol–water partition coefficient (Wildman–Crippen LogP) is 5.51. The Bertz CT molecular complexity index is 1560. The zero-order chi connectivity index (χ0) is 20.8. The highest BCUT2D eigenvalue weighted by molar-refractivity contribution is 6.05. The molecule has 0 atom stereocenters. The topological polar surface area (TPSA) is 86.5 Å². The highest BCUT2D eigenvalue weighted by Gasteiger charge is 2.12. The summed E-state index contributed by atoms with van der Waals surface area (Å²) in [6.45, 7) is 0. The lowest BCUT2D eigenvalue weighted by Crippen LogP contribution is -2.12. The maximum atomic E-state index is 12.8. The van der Waals surface area contributed by atoms with Crippen molar-refractivity contribution in [2.24, 2.45) is 0 Å². The maximum absolute atomic E-state index is 12.8. The molecule has 0 aliphatic carbocycles. The van der Waals surface area contributed by atoms with E-state index in [4.69, 9.17) is 4.98 Å². The third-order valence-electron chi connectivity index (χ3n) is 5.39. The Hall–Kier alpha value is -4.45. The Morgan fingerprint density at radius 3 is 2.42 bits per heavy atom. The molecule has 0 bridgehead atoms. The van der Waals surface area contributed by atoms with Crippen molar-refractivity contribution in [2.75, 3.05) is 5.32 Å². The molecule has 6 heteroatoms. The zero-order valence-electron chi connectivity index (χ0n) is 16.4. The van der Waals surface area contributed by atoms with Gasteiger partial charge in [0.05, 0.1) is 22.1 Å². The second-order valence-electron chi connectivity index (χ2n) is 7.44. The number of amides is 1. The molecule has 0 saturated heterocycles. The van der Waals surface area contributed by atoms with Crippen molar-refractivity contribution in [3.05, 3.63) is 90.5 Å². The molecular formula is C25H17N5O. The van der Waals surface area contributed by atoms with Gasteiger partial charge >= 0.3 is 0 Å². The summed E-state index contributed by atoms with van der Waals surface area (Å²) < 4.78 is 0. The van der Waals surface area contributed by atoms with Crippen LogP contribution < -0.4 is 5.32 Å². The van der Waals surface area contributed by atoms with E-state index in [2.05, 4.69) is 50.6 Å². The molecule has 0 unspecified atom stereocenters. The van der Waals surface area contributed by atoms with Gasteiger partial charge in [0.2, 0.25) is 5.95 Å². The number of nitrogens with zero attached hydrogens (tertiary/aromatic N) is 2. The number of benzene rings is 4. The number of hydrogen-bond donors (Lipinski definition) is 3. The molecular weight excluding hydrogens is 386 g/mol. The Kier molecular flexibility index (Phi) is 3.83. The molecule has 3 N–H and O–H groups in total. The average Bonchev–Trinajstić information content (AvgIpc) is 3.41. The van der Waals surface area contributed by atoms with Crippen molar-refractivity contribution in [3.8, 4) is 11.4 Å². The first kappa shape index (κ1) is 17.4. The van der Waals surface area contributed by atoms with E-state index >= 15 is 0 Å². The summed E-state index contributed by atoms with van der Waals surface area (Å²) in [4.78, 5) is 28.3. The van der Waals surface area contributed by atoms with Gasteiger partial charge in [0, 0.05) is 11.1 Å². The molecule has 0 spiro atoms. The number of anilines is 1. The molecule has 31 heavy (non-hydrogen) atoms. The fourth-order valence-electron chi connectivity index (χ4n) is 3.82. The number of rotatable bonds is 3. The van der Waals surface area contributed by atoms with Gasteiger partial charge in [0.15, 0.2) is 0 Å². The van der Waals surface area contributed by atoms with Crippen molar-refractivity contribution in [2.45, 2.75) is 0 Å². The Morgan fingerprint density at radius 2 is 1.52 bits per heavy atom. The largest absolute Gasteiger partial charge is 0.338 e. The van der Waals surface area contributed by atoms with Crippen LogP contribution >= 0.6 is 0 Å². The molecule has 6 aromatic rings. The lowest BCUT2D eigenvalue weighted by atomic mass is 10.1. The summed E-state index contributed by atoms with van der Waals surface area (Å²) in [6.07, 6.45) is 0. The minimum atomic E-state index is -0.234. The molecule has 6 rings (SSSR count). The molecule has 6 nitrogen and oxygen atoms in total. The van der Waals surface area contributed by atoms with Crippen LogP contribution in [0.15, 0.2) is 84.9 Å². The summed E-state index contributed by atoms with van der Waals surface area (Å²) in [7, 11) is 0. The second-order valence-corrected chi connectivity index (χ2v) is 7.44. The van der Waals surface area contributed by atoms with Gasteiger partial charge in [0.25, 0.3) is 5.91 Å². The van der Waals surface area contributed by atoms with Gasteiger partial charge in [-0.25, -0.2) is 9.97 Å². The summed E-state index contributed by atoms with van der Waals surface area (Å²) in [5.41, 5.74) is 4.83. The number of H-pyrrole nitrogens is 2. The van der Waals surface area contributed by atoms with E-state index in [0.717, 1.165) is 38.8 Å². The molecule has 148 valence electrons. The van der Waals surface area contributed by atoms with Crippen LogP contribution in [0.3, 0.4) is 0 Å². The van der Waals surface area contributed by atoms with Gasteiger partial charge in [-0.2, -0.15) is 0 Å². The minimum absolute atomic E-state index is 0.234. The first-order chi connectivity index (χ1) is 15.2. The molecule has 1 amide bonds. The van der Waals surface area contributed by atoms with E-state index in [0.29, 0.717) is 11.5 Å². The van der Waals surface area contributed by atoms with Crippen LogP contribution in [0.25, 0.3) is 44.2 Å². The number of fused-ring (bicyclic) bond motifs is 3. The van der Waals surface area contributed by atoms with Crippen molar-refractivity contribution in [1.82, 2.24) is 19.9 Å².